The van der Waals surface area contributed by atoms with Gasteiger partial charge in [0.1, 0.15) is 18.3 Å². The van der Waals surface area contributed by atoms with Crippen molar-refractivity contribution in [3.63, 3.8) is 0 Å². The first-order chi connectivity index (χ1) is 4.66. The van der Waals surface area contributed by atoms with Crippen molar-refractivity contribution in [2.24, 2.45) is 0 Å². The molecular formula is C5H9FO4. The third-order valence-electron chi connectivity index (χ3n) is 1.48. The summed E-state index contributed by atoms with van der Waals surface area (Å²) >= 11 is 0. The predicted octanol–water partition coefficient (Wildman–Crippen LogP) is -1.61. The van der Waals surface area contributed by atoms with Crippen molar-refractivity contribution < 1.29 is 24.4 Å². The minimum Gasteiger partial charge on any atom is -0.394 e. The molecule has 0 radical (unpaired) electrons. The zero-order valence-electron chi connectivity index (χ0n) is 5.14. The molecule has 1 rings (SSSR count). The van der Waals surface area contributed by atoms with Gasteiger partial charge in [0.2, 0.25) is 6.36 Å². The minimum absolute atomic E-state index is 0.487. The van der Waals surface area contributed by atoms with Crippen molar-refractivity contribution in [2.75, 3.05) is 6.61 Å². The molecule has 3 N–H and O–H groups in total. The molecule has 0 aliphatic carbocycles. The molecule has 0 aromatic heterocycles. The van der Waals surface area contributed by atoms with Crippen LogP contribution in [0.25, 0.3) is 0 Å². The van der Waals surface area contributed by atoms with Crippen LogP contribution in [0.1, 0.15) is 0 Å². The Hall–Kier alpha value is -0.230. The van der Waals surface area contributed by atoms with Crippen LogP contribution in [0.2, 0.25) is 0 Å². The number of alkyl halides is 1. The van der Waals surface area contributed by atoms with Gasteiger partial charge in [-0.15, -0.1) is 0 Å². The van der Waals surface area contributed by atoms with Crippen molar-refractivity contribution in [2.45, 2.75) is 24.7 Å². The summed E-state index contributed by atoms with van der Waals surface area (Å²) in [6.07, 6.45) is -5.73. The molecule has 0 saturated carbocycles. The van der Waals surface area contributed by atoms with Crippen LogP contribution in [0.5, 0.6) is 0 Å². The largest absolute Gasteiger partial charge is 0.394 e. The second kappa shape index (κ2) is 2.79. The zero-order chi connectivity index (χ0) is 7.72. The Bertz CT molecular complexity index is 120. The van der Waals surface area contributed by atoms with Crippen LogP contribution in [0, 0.1) is 0 Å². The number of hydrogen-bond donors (Lipinski definition) is 3. The van der Waals surface area contributed by atoms with Crippen molar-refractivity contribution in [3.05, 3.63) is 0 Å². The van der Waals surface area contributed by atoms with Gasteiger partial charge in [-0.05, 0) is 0 Å². The van der Waals surface area contributed by atoms with Crippen LogP contribution in [0.4, 0.5) is 4.39 Å². The molecule has 1 aliphatic heterocycles. The van der Waals surface area contributed by atoms with E-state index in [0.717, 1.165) is 0 Å². The highest BCUT2D eigenvalue weighted by molar-refractivity contribution is 4.85. The van der Waals surface area contributed by atoms with Gasteiger partial charge < -0.3 is 20.1 Å². The molecule has 1 aliphatic rings. The molecule has 0 aromatic rings. The molecule has 60 valence electrons. The summed E-state index contributed by atoms with van der Waals surface area (Å²) in [4.78, 5) is 0. The summed E-state index contributed by atoms with van der Waals surface area (Å²) < 4.78 is 16.6. The normalized spacial score (nSPS) is 48.0. The van der Waals surface area contributed by atoms with E-state index in [1.807, 2.05) is 0 Å². The van der Waals surface area contributed by atoms with Crippen LogP contribution in [0.3, 0.4) is 0 Å². The van der Waals surface area contributed by atoms with E-state index in [2.05, 4.69) is 4.74 Å². The second-order valence-electron chi connectivity index (χ2n) is 2.19. The number of rotatable bonds is 1. The summed E-state index contributed by atoms with van der Waals surface area (Å²) in [5, 5.41) is 26.0. The Kier molecular flexibility index (Phi) is 2.20. The fourth-order valence-corrected chi connectivity index (χ4v) is 0.854. The van der Waals surface area contributed by atoms with Gasteiger partial charge in [-0.25, -0.2) is 4.39 Å². The van der Waals surface area contributed by atoms with E-state index in [0.29, 0.717) is 0 Å². The standard InChI is InChI=1S/C5H9FO4/c6-5-4(9)3(8)2(1-7)10-5/h2-5,7-9H,1H2/t2-,3+,4-,5?/m1/s1. The first kappa shape index (κ1) is 7.87. The van der Waals surface area contributed by atoms with Gasteiger partial charge >= 0.3 is 0 Å². The Morgan fingerprint density at radius 2 is 1.90 bits per heavy atom. The fourth-order valence-electron chi connectivity index (χ4n) is 0.854. The highest BCUT2D eigenvalue weighted by Crippen LogP contribution is 2.21. The van der Waals surface area contributed by atoms with Crippen molar-refractivity contribution in [3.8, 4) is 0 Å². The van der Waals surface area contributed by atoms with Gasteiger partial charge in [0.05, 0.1) is 6.61 Å². The van der Waals surface area contributed by atoms with E-state index in [1.54, 1.807) is 0 Å². The molecule has 5 heteroatoms. The molecule has 1 saturated heterocycles. The molecule has 1 unspecified atom stereocenters. The van der Waals surface area contributed by atoms with E-state index >= 15 is 0 Å². The summed E-state index contributed by atoms with van der Waals surface area (Å²) in [5.74, 6) is 0. The summed E-state index contributed by atoms with van der Waals surface area (Å²) in [6, 6.07) is 0. The zero-order valence-corrected chi connectivity index (χ0v) is 5.14. The molecule has 0 spiro atoms. The smallest absolute Gasteiger partial charge is 0.228 e. The van der Waals surface area contributed by atoms with E-state index in [4.69, 9.17) is 15.3 Å². The monoisotopic (exact) mass is 152 g/mol. The number of ether oxygens (including phenoxy) is 1. The van der Waals surface area contributed by atoms with Crippen LogP contribution in [-0.4, -0.2) is 46.6 Å². The molecule has 4 atom stereocenters. The summed E-state index contributed by atoms with van der Waals surface area (Å²) in [5.41, 5.74) is 0. The van der Waals surface area contributed by atoms with Gasteiger partial charge in [-0.3, -0.25) is 0 Å². The van der Waals surface area contributed by atoms with Crippen molar-refractivity contribution in [1.82, 2.24) is 0 Å². The Labute approximate surface area is 56.9 Å². The SMILES string of the molecule is OC[C@H]1OC(F)[C@H](O)[C@H]1O. The second-order valence-corrected chi connectivity index (χ2v) is 2.19. The number of hydrogen-bond acceptors (Lipinski definition) is 4. The van der Waals surface area contributed by atoms with Crippen LogP contribution in [0.15, 0.2) is 0 Å². The molecule has 1 heterocycles. The van der Waals surface area contributed by atoms with Gasteiger partial charge in [-0.1, -0.05) is 0 Å². The Morgan fingerprint density at radius 3 is 2.10 bits per heavy atom. The van der Waals surface area contributed by atoms with Crippen molar-refractivity contribution in [1.29, 1.82) is 0 Å². The van der Waals surface area contributed by atoms with Crippen LogP contribution < -0.4 is 0 Å². The van der Waals surface area contributed by atoms with Gasteiger partial charge in [0.15, 0.2) is 0 Å². The van der Waals surface area contributed by atoms with E-state index in [1.165, 1.54) is 0 Å². The molecule has 10 heavy (non-hydrogen) atoms. The molecule has 0 amide bonds. The predicted molar refractivity (Wildman–Crippen MR) is 28.9 cm³/mol. The minimum atomic E-state index is -1.88. The average molecular weight is 152 g/mol. The highest BCUT2D eigenvalue weighted by atomic mass is 19.1. The third-order valence-corrected chi connectivity index (χ3v) is 1.48. The number of aliphatic hydroxyl groups excluding tert-OH is 3. The van der Waals surface area contributed by atoms with E-state index in [-0.39, 0.29) is 0 Å². The Balaban J connectivity index is 2.53. The first-order valence-electron chi connectivity index (χ1n) is 2.93. The lowest BCUT2D eigenvalue weighted by molar-refractivity contribution is -0.0822. The number of aliphatic hydroxyl groups is 3. The molecule has 1 fully saturated rings. The average Bonchev–Trinajstić information content (AvgIpc) is 2.17. The van der Waals surface area contributed by atoms with E-state index in [9.17, 15) is 4.39 Å². The fraction of sp³-hybridized carbons (Fsp3) is 1.00. The Morgan fingerprint density at radius 1 is 1.30 bits per heavy atom. The van der Waals surface area contributed by atoms with Crippen LogP contribution >= 0.6 is 0 Å². The molecule has 0 aromatic carbocycles. The first-order valence-corrected chi connectivity index (χ1v) is 2.93. The third kappa shape index (κ3) is 1.13. The highest BCUT2D eigenvalue weighted by Gasteiger charge is 2.42. The molecule has 4 nitrogen and oxygen atoms in total. The van der Waals surface area contributed by atoms with Crippen molar-refractivity contribution >= 4 is 0 Å². The molecular weight excluding hydrogens is 143 g/mol. The quantitative estimate of drug-likeness (QED) is 0.423. The maximum absolute atomic E-state index is 12.3. The maximum Gasteiger partial charge on any atom is 0.228 e. The number of halogens is 1. The lowest BCUT2D eigenvalue weighted by atomic mass is 10.1. The summed E-state index contributed by atoms with van der Waals surface area (Å²) in [6.45, 7) is -0.487. The van der Waals surface area contributed by atoms with Crippen LogP contribution in [-0.2, 0) is 4.74 Å². The topological polar surface area (TPSA) is 69.9 Å². The molecule has 0 bridgehead atoms. The van der Waals surface area contributed by atoms with Gasteiger partial charge in [0, 0.05) is 0 Å². The maximum atomic E-state index is 12.3. The lowest BCUT2D eigenvalue weighted by Gasteiger charge is -2.09. The van der Waals surface area contributed by atoms with E-state index < -0.39 is 31.3 Å². The lowest BCUT2D eigenvalue weighted by Crippen LogP contribution is -2.32. The van der Waals surface area contributed by atoms with Gasteiger partial charge in [-0.2, -0.15) is 0 Å². The van der Waals surface area contributed by atoms with Gasteiger partial charge in [0.25, 0.3) is 0 Å². The summed E-state index contributed by atoms with van der Waals surface area (Å²) in [7, 11) is 0.